The summed E-state index contributed by atoms with van der Waals surface area (Å²) in [5.74, 6) is 0.246. The van der Waals surface area contributed by atoms with Gasteiger partial charge in [-0.25, -0.2) is 0 Å². The molecular formula is C15H15N5O2S2. The van der Waals surface area contributed by atoms with Gasteiger partial charge in [0.15, 0.2) is 0 Å². The molecule has 2 heterocycles. The van der Waals surface area contributed by atoms with Gasteiger partial charge in [0.05, 0.1) is 5.25 Å². The topological polar surface area (TPSA) is 93.8 Å². The molecule has 0 radical (unpaired) electrons. The predicted octanol–water partition coefficient (Wildman–Crippen LogP) is 3.32. The molecule has 3 aromatic rings. The number of aryl methyl sites for hydroxylation is 2. The van der Waals surface area contributed by atoms with E-state index in [0.29, 0.717) is 16.2 Å². The van der Waals surface area contributed by atoms with Crippen LogP contribution < -0.4 is 5.32 Å². The van der Waals surface area contributed by atoms with Crippen LogP contribution in [0.1, 0.15) is 17.5 Å². The lowest BCUT2D eigenvalue weighted by Crippen LogP contribution is -2.22. The first kappa shape index (κ1) is 16.6. The number of nitrogens with zero attached hydrogens (tertiary/aromatic N) is 4. The first-order valence-corrected chi connectivity index (χ1v) is 8.89. The lowest BCUT2D eigenvalue weighted by atomic mass is 10.1. The second kappa shape index (κ2) is 7.10. The number of nitrogens with one attached hydrogen (secondary N) is 1. The third kappa shape index (κ3) is 3.98. The van der Waals surface area contributed by atoms with E-state index in [1.165, 1.54) is 23.1 Å². The monoisotopic (exact) mass is 361 g/mol. The van der Waals surface area contributed by atoms with Crippen LogP contribution in [0.5, 0.6) is 0 Å². The number of amides is 1. The van der Waals surface area contributed by atoms with E-state index >= 15 is 0 Å². The zero-order valence-electron chi connectivity index (χ0n) is 13.3. The first-order chi connectivity index (χ1) is 11.5. The Bertz CT molecular complexity index is 844. The number of aromatic nitrogens is 4. The largest absolute Gasteiger partial charge is 0.411 e. The number of benzene rings is 1. The lowest BCUT2D eigenvalue weighted by molar-refractivity contribution is -0.115. The maximum atomic E-state index is 12.2. The highest BCUT2D eigenvalue weighted by Gasteiger charge is 2.20. The summed E-state index contributed by atoms with van der Waals surface area (Å²) in [6, 6.07) is 7.80. The van der Waals surface area contributed by atoms with E-state index in [4.69, 9.17) is 4.42 Å². The summed E-state index contributed by atoms with van der Waals surface area (Å²) in [6.45, 7) is 5.61. The van der Waals surface area contributed by atoms with Gasteiger partial charge in [-0.2, -0.15) is 0 Å². The fourth-order valence-electron chi connectivity index (χ4n) is 1.83. The molecule has 9 heteroatoms. The molecule has 1 aromatic carbocycles. The molecule has 1 N–H and O–H groups in total. The Balaban J connectivity index is 1.63. The van der Waals surface area contributed by atoms with Crippen LogP contribution in [-0.2, 0) is 4.79 Å². The van der Waals surface area contributed by atoms with Crippen molar-refractivity contribution in [1.82, 2.24) is 20.4 Å². The van der Waals surface area contributed by atoms with Crippen LogP contribution in [0.2, 0.25) is 0 Å². The molecule has 0 saturated carbocycles. The SMILES string of the molecule is Cc1ccc(-c2nnc(SC(C)C(=O)Nc3nnc(C)s3)o2)cc1. The van der Waals surface area contributed by atoms with E-state index in [2.05, 4.69) is 25.7 Å². The smallest absolute Gasteiger partial charge is 0.277 e. The van der Waals surface area contributed by atoms with Gasteiger partial charge in [-0.1, -0.05) is 40.8 Å². The highest BCUT2D eigenvalue weighted by Crippen LogP contribution is 2.27. The van der Waals surface area contributed by atoms with Gasteiger partial charge >= 0.3 is 0 Å². The third-order valence-electron chi connectivity index (χ3n) is 3.11. The molecule has 1 unspecified atom stereocenters. The van der Waals surface area contributed by atoms with E-state index in [0.717, 1.165) is 16.1 Å². The molecule has 0 aliphatic carbocycles. The van der Waals surface area contributed by atoms with Gasteiger partial charge in [0.1, 0.15) is 5.01 Å². The normalized spacial score (nSPS) is 12.1. The quantitative estimate of drug-likeness (QED) is 0.697. The molecule has 0 fully saturated rings. The Labute approximate surface area is 146 Å². The van der Waals surface area contributed by atoms with Crippen molar-refractivity contribution in [2.75, 3.05) is 5.32 Å². The predicted molar refractivity (Wildman–Crippen MR) is 93.1 cm³/mol. The molecule has 124 valence electrons. The van der Waals surface area contributed by atoms with Crippen LogP contribution in [0.3, 0.4) is 0 Å². The number of hydrogen-bond acceptors (Lipinski definition) is 8. The fourth-order valence-corrected chi connectivity index (χ4v) is 3.11. The molecule has 1 amide bonds. The van der Waals surface area contributed by atoms with Crippen LogP contribution in [-0.4, -0.2) is 31.6 Å². The zero-order chi connectivity index (χ0) is 17.1. The molecule has 1 atom stereocenters. The number of rotatable bonds is 5. The van der Waals surface area contributed by atoms with Crippen LogP contribution in [0.25, 0.3) is 11.5 Å². The van der Waals surface area contributed by atoms with E-state index in [1.807, 2.05) is 38.1 Å². The second-order valence-corrected chi connectivity index (χ2v) is 7.59. The summed E-state index contributed by atoms with van der Waals surface area (Å²) >= 11 is 2.53. The van der Waals surface area contributed by atoms with Gasteiger partial charge in [-0.15, -0.1) is 20.4 Å². The van der Waals surface area contributed by atoms with Crippen molar-refractivity contribution in [3.63, 3.8) is 0 Å². The van der Waals surface area contributed by atoms with E-state index in [-0.39, 0.29) is 5.91 Å². The number of carbonyl (C=O) groups excluding carboxylic acids is 1. The van der Waals surface area contributed by atoms with Gasteiger partial charge in [0.2, 0.25) is 16.9 Å². The zero-order valence-corrected chi connectivity index (χ0v) is 14.9. The van der Waals surface area contributed by atoms with Crippen LogP contribution >= 0.6 is 23.1 Å². The molecule has 0 aliphatic heterocycles. The summed E-state index contributed by atoms with van der Waals surface area (Å²) in [7, 11) is 0. The number of hydrogen-bond donors (Lipinski definition) is 1. The van der Waals surface area contributed by atoms with Gasteiger partial charge in [-0.05, 0) is 32.9 Å². The maximum Gasteiger partial charge on any atom is 0.277 e. The van der Waals surface area contributed by atoms with Crippen LogP contribution in [0, 0.1) is 13.8 Å². The maximum absolute atomic E-state index is 12.2. The Kier molecular flexibility index (Phi) is 4.91. The molecule has 0 bridgehead atoms. The molecule has 0 saturated heterocycles. The van der Waals surface area contributed by atoms with Crippen molar-refractivity contribution < 1.29 is 9.21 Å². The minimum atomic E-state index is -0.402. The molecule has 7 nitrogen and oxygen atoms in total. The van der Waals surface area contributed by atoms with Crippen LogP contribution in [0.15, 0.2) is 33.9 Å². The molecule has 0 aliphatic rings. The Hall–Kier alpha value is -2.26. The average molecular weight is 361 g/mol. The van der Waals surface area contributed by atoms with E-state index in [1.54, 1.807) is 6.92 Å². The number of carbonyl (C=O) groups is 1. The van der Waals surface area contributed by atoms with Gasteiger partial charge in [0, 0.05) is 5.56 Å². The minimum absolute atomic E-state index is 0.189. The average Bonchev–Trinajstić information content (AvgIpc) is 3.17. The number of anilines is 1. The van der Waals surface area contributed by atoms with Crippen molar-refractivity contribution in [3.05, 3.63) is 34.8 Å². The van der Waals surface area contributed by atoms with Gasteiger partial charge in [0.25, 0.3) is 5.22 Å². The van der Waals surface area contributed by atoms with Gasteiger partial charge < -0.3 is 4.42 Å². The first-order valence-electron chi connectivity index (χ1n) is 7.19. The van der Waals surface area contributed by atoms with Crippen LogP contribution in [0.4, 0.5) is 5.13 Å². The molecule has 0 spiro atoms. The molecule has 3 rings (SSSR count). The van der Waals surface area contributed by atoms with Crippen molar-refractivity contribution in [1.29, 1.82) is 0 Å². The number of thioether (sulfide) groups is 1. The summed E-state index contributed by atoms with van der Waals surface area (Å²) in [6.07, 6.45) is 0. The third-order valence-corrected chi connectivity index (χ3v) is 4.80. The van der Waals surface area contributed by atoms with E-state index in [9.17, 15) is 4.79 Å². The Morgan fingerprint density at radius 1 is 1.17 bits per heavy atom. The van der Waals surface area contributed by atoms with Crippen molar-refractivity contribution in [2.24, 2.45) is 0 Å². The molecule has 2 aromatic heterocycles. The summed E-state index contributed by atoms with van der Waals surface area (Å²) in [5, 5.41) is 19.7. The van der Waals surface area contributed by atoms with Gasteiger partial charge in [-0.3, -0.25) is 10.1 Å². The summed E-state index contributed by atoms with van der Waals surface area (Å²) < 4.78 is 5.62. The standard InChI is InChI=1S/C15H15N5O2S2/c1-8-4-6-11(7-5-8)13-18-20-15(22-13)23-9(2)12(21)16-14-19-17-10(3)24-14/h4-7,9H,1-3H3,(H,16,19,21). The summed E-state index contributed by atoms with van der Waals surface area (Å²) in [5.41, 5.74) is 2.01. The fraction of sp³-hybridized carbons (Fsp3) is 0.267. The highest BCUT2D eigenvalue weighted by atomic mass is 32.2. The minimum Gasteiger partial charge on any atom is -0.411 e. The van der Waals surface area contributed by atoms with E-state index < -0.39 is 5.25 Å². The summed E-state index contributed by atoms with van der Waals surface area (Å²) in [4.78, 5) is 12.2. The molecular weight excluding hydrogens is 346 g/mol. The van der Waals surface area contributed by atoms with Crippen molar-refractivity contribution in [2.45, 2.75) is 31.2 Å². The lowest BCUT2D eigenvalue weighted by Gasteiger charge is -2.06. The van der Waals surface area contributed by atoms with Crippen molar-refractivity contribution in [3.8, 4) is 11.5 Å². The second-order valence-electron chi connectivity index (χ2n) is 5.11. The van der Waals surface area contributed by atoms with Crippen molar-refractivity contribution >= 4 is 34.1 Å². The Morgan fingerprint density at radius 3 is 2.58 bits per heavy atom. The molecule has 24 heavy (non-hydrogen) atoms. The highest BCUT2D eigenvalue weighted by molar-refractivity contribution is 8.00. The Morgan fingerprint density at radius 2 is 1.92 bits per heavy atom.